The molecule has 0 aliphatic carbocycles. The minimum atomic E-state index is -1.09. The zero-order valence-electron chi connectivity index (χ0n) is 23.3. The van der Waals surface area contributed by atoms with Gasteiger partial charge in [-0.3, -0.25) is 0 Å². The number of anilines is 2. The molecule has 3 aromatic carbocycles. The first-order valence-corrected chi connectivity index (χ1v) is 15.2. The Balaban J connectivity index is 1.17. The summed E-state index contributed by atoms with van der Waals surface area (Å²) in [5.74, 6) is 1.83. The van der Waals surface area contributed by atoms with E-state index in [0.29, 0.717) is 37.7 Å². The van der Waals surface area contributed by atoms with E-state index in [1.165, 1.54) is 0 Å². The number of carbonyl (C=O) groups excluding carboxylic acids is 1. The van der Waals surface area contributed by atoms with Crippen LogP contribution in [0.4, 0.5) is 11.4 Å². The Labute approximate surface area is 246 Å². The second-order valence-electron chi connectivity index (χ2n) is 10.7. The first-order valence-electron chi connectivity index (χ1n) is 14.7. The number of unbranched alkanes of at least 4 members (excludes halogenated alkanes) is 3. The highest BCUT2D eigenvalue weighted by molar-refractivity contribution is 6.17. The maximum absolute atomic E-state index is 13.4. The summed E-state index contributed by atoms with van der Waals surface area (Å²) >= 11 is 5.71. The number of hydrogen-bond donors (Lipinski definition) is 1. The minimum Gasteiger partial charge on any atom is -0.456 e. The van der Waals surface area contributed by atoms with Gasteiger partial charge in [-0.15, -0.1) is 11.6 Å². The van der Waals surface area contributed by atoms with Crippen LogP contribution in [0, 0.1) is 0 Å². The fourth-order valence-corrected chi connectivity index (χ4v) is 6.07. The van der Waals surface area contributed by atoms with Gasteiger partial charge in [-0.25, -0.2) is 4.79 Å². The van der Waals surface area contributed by atoms with Crippen molar-refractivity contribution in [3.05, 3.63) is 82.9 Å². The van der Waals surface area contributed by atoms with Gasteiger partial charge < -0.3 is 29.2 Å². The van der Waals surface area contributed by atoms with Crippen molar-refractivity contribution >= 4 is 28.9 Å². The molecular weight excluding hydrogens is 540 g/mol. The number of nitrogens with one attached hydrogen (secondary N) is 1. The molecule has 6 rings (SSSR count). The SMILES string of the molecule is O=C1OC2(c3ccccc3Oc3cccc(N4CCC4)c32)c2cc(NCCOCCOCCCCCCCl)ccc21. The molecule has 3 aliphatic rings. The van der Waals surface area contributed by atoms with Crippen molar-refractivity contribution < 1.29 is 23.7 Å². The van der Waals surface area contributed by atoms with Crippen LogP contribution in [0.5, 0.6) is 11.5 Å². The lowest BCUT2D eigenvalue weighted by Gasteiger charge is -2.42. The molecule has 0 radical (unpaired) electrons. The lowest BCUT2D eigenvalue weighted by atomic mass is 9.76. The van der Waals surface area contributed by atoms with Crippen LogP contribution in [-0.2, 0) is 19.8 Å². The number of rotatable bonds is 14. The molecule has 0 saturated carbocycles. The molecule has 7 nitrogen and oxygen atoms in total. The molecule has 1 atom stereocenters. The molecule has 0 aromatic heterocycles. The molecule has 1 fully saturated rings. The molecule has 8 heteroatoms. The number of halogens is 1. The highest BCUT2D eigenvalue weighted by Gasteiger charge is 2.55. The molecule has 1 spiro atoms. The van der Waals surface area contributed by atoms with Crippen molar-refractivity contribution in [3.63, 3.8) is 0 Å². The van der Waals surface area contributed by atoms with Crippen molar-refractivity contribution in [1.82, 2.24) is 0 Å². The van der Waals surface area contributed by atoms with Gasteiger partial charge in [-0.05, 0) is 55.7 Å². The largest absolute Gasteiger partial charge is 0.456 e. The van der Waals surface area contributed by atoms with E-state index in [2.05, 4.69) is 16.3 Å². The Morgan fingerprint density at radius 3 is 2.49 bits per heavy atom. The summed E-state index contributed by atoms with van der Waals surface area (Å²) in [5, 5.41) is 3.46. The van der Waals surface area contributed by atoms with Gasteiger partial charge in [0.05, 0.1) is 30.9 Å². The van der Waals surface area contributed by atoms with Crippen molar-refractivity contribution in [3.8, 4) is 11.5 Å². The third-order valence-electron chi connectivity index (χ3n) is 8.02. The smallest absolute Gasteiger partial charge is 0.340 e. The first kappa shape index (κ1) is 27.9. The first-order chi connectivity index (χ1) is 20.2. The average Bonchev–Trinajstić information content (AvgIpc) is 3.24. The maximum atomic E-state index is 13.4. The number of benzene rings is 3. The normalized spacial score (nSPS) is 18.3. The van der Waals surface area contributed by atoms with E-state index in [1.807, 2.05) is 54.6 Å². The van der Waals surface area contributed by atoms with Crippen LogP contribution in [-0.4, -0.2) is 57.9 Å². The Hall–Kier alpha value is -3.26. The fraction of sp³-hybridized carbons (Fsp3) is 0.424. The number of nitrogens with zero attached hydrogens (tertiary/aromatic N) is 1. The van der Waals surface area contributed by atoms with Gasteiger partial charge in [0.2, 0.25) is 0 Å². The number of hydrogen-bond acceptors (Lipinski definition) is 7. The molecule has 1 saturated heterocycles. The maximum Gasteiger partial charge on any atom is 0.340 e. The van der Waals surface area contributed by atoms with Crippen LogP contribution in [0.3, 0.4) is 0 Å². The summed E-state index contributed by atoms with van der Waals surface area (Å²) in [7, 11) is 0. The summed E-state index contributed by atoms with van der Waals surface area (Å²) in [6.45, 7) is 5.04. The van der Waals surface area contributed by atoms with Crippen molar-refractivity contribution in [1.29, 1.82) is 0 Å². The molecule has 3 aromatic rings. The topological polar surface area (TPSA) is 69.3 Å². The predicted molar refractivity (Wildman–Crippen MR) is 161 cm³/mol. The second-order valence-corrected chi connectivity index (χ2v) is 11.1. The Kier molecular flexibility index (Phi) is 8.65. The van der Waals surface area contributed by atoms with Crippen molar-refractivity contribution in [2.75, 3.05) is 62.2 Å². The lowest BCUT2D eigenvalue weighted by Crippen LogP contribution is -2.41. The predicted octanol–water partition coefficient (Wildman–Crippen LogP) is 6.71. The standard InChI is InChI=1S/C33H37ClN2O5/c34-15-5-1-2-6-19-38-21-22-39-20-16-35-24-13-14-25-27(23-24)33(41-32(25)37)26-9-3-4-11-29(26)40-30-12-7-10-28(31(30)33)36-17-8-18-36/h3-4,7,9-14,23,35H,1-2,5-6,8,15-22H2. The van der Waals surface area contributed by atoms with Crippen molar-refractivity contribution in [2.24, 2.45) is 0 Å². The van der Waals surface area contributed by atoms with Crippen LogP contribution in [0.1, 0.15) is 59.2 Å². The van der Waals surface area contributed by atoms with Gasteiger partial charge in [0.15, 0.2) is 5.60 Å². The number of alkyl halides is 1. The molecule has 0 amide bonds. The second kappa shape index (κ2) is 12.7. The zero-order valence-corrected chi connectivity index (χ0v) is 24.1. The third kappa shape index (κ3) is 5.51. The Morgan fingerprint density at radius 1 is 0.854 bits per heavy atom. The van der Waals surface area contributed by atoms with Crippen LogP contribution < -0.4 is 15.0 Å². The summed E-state index contributed by atoms with van der Waals surface area (Å²) in [4.78, 5) is 15.7. The lowest BCUT2D eigenvalue weighted by molar-refractivity contribution is 0.0225. The van der Waals surface area contributed by atoms with E-state index in [-0.39, 0.29) is 5.97 Å². The van der Waals surface area contributed by atoms with Gasteiger partial charge in [0.25, 0.3) is 0 Å². The average molecular weight is 577 g/mol. The number of esters is 1. The van der Waals surface area contributed by atoms with Crippen molar-refractivity contribution in [2.45, 2.75) is 37.7 Å². The van der Waals surface area contributed by atoms with Gasteiger partial charge >= 0.3 is 5.97 Å². The number of carbonyl (C=O) groups is 1. The number of ether oxygens (including phenoxy) is 4. The van der Waals surface area contributed by atoms with E-state index in [0.717, 1.165) is 91.5 Å². The van der Waals surface area contributed by atoms with E-state index >= 15 is 0 Å². The van der Waals surface area contributed by atoms with Gasteiger partial charge in [0, 0.05) is 54.6 Å². The third-order valence-corrected chi connectivity index (χ3v) is 8.29. The monoisotopic (exact) mass is 576 g/mol. The van der Waals surface area contributed by atoms with Gasteiger partial charge in [0.1, 0.15) is 11.5 Å². The summed E-state index contributed by atoms with van der Waals surface area (Å²) in [6.07, 6.45) is 5.58. The molecule has 216 valence electrons. The van der Waals surface area contributed by atoms with E-state index in [9.17, 15) is 4.79 Å². The highest BCUT2D eigenvalue weighted by Crippen LogP contribution is 2.59. The van der Waals surface area contributed by atoms with E-state index in [4.69, 9.17) is 30.5 Å². The van der Waals surface area contributed by atoms with Crippen LogP contribution >= 0.6 is 11.6 Å². The molecule has 0 bridgehead atoms. The number of para-hydroxylation sites is 1. The minimum absolute atomic E-state index is 0.324. The van der Waals surface area contributed by atoms with Gasteiger partial charge in [-0.2, -0.15) is 0 Å². The quantitative estimate of drug-likeness (QED) is 0.130. The Morgan fingerprint density at radius 2 is 1.66 bits per heavy atom. The summed E-state index contributed by atoms with van der Waals surface area (Å²) < 4.78 is 24.2. The molecule has 41 heavy (non-hydrogen) atoms. The molecule has 1 N–H and O–H groups in total. The highest BCUT2D eigenvalue weighted by atomic mass is 35.5. The summed E-state index contributed by atoms with van der Waals surface area (Å²) in [5.41, 5.74) is 4.01. The van der Waals surface area contributed by atoms with E-state index in [1.54, 1.807) is 0 Å². The molecule has 1 unspecified atom stereocenters. The fourth-order valence-electron chi connectivity index (χ4n) is 5.88. The van der Waals surface area contributed by atoms with Crippen LogP contribution in [0.2, 0.25) is 0 Å². The molecule has 3 aliphatic heterocycles. The van der Waals surface area contributed by atoms with E-state index < -0.39 is 5.60 Å². The van der Waals surface area contributed by atoms with Gasteiger partial charge in [-0.1, -0.05) is 37.1 Å². The zero-order chi connectivity index (χ0) is 28.1. The van der Waals surface area contributed by atoms with Crippen LogP contribution in [0.25, 0.3) is 0 Å². The summed E-state index contributed by atoms with van der Waals surface area (Å²) in [6, 6.07) is 19.8. The Bertz CT molecular complexity index is 1380. The van der Waals surface area contributed by atoms with Crippen LogP contribution in [0.15, 0.2) is 60.7 Å². The molecular formula is C33H37ClN2O5. The number of fused-ring (bicyclic) bond motifs is 6. The molecule has 3 heterocycles.